The zero-order chi connectivity index (χ0) is 12.9. The third-order valence-corrected chi connectivity index (χ3v) is 2.79. The summed E-state index contributed by atoms with van der Waals surface area (Å²) in [5.74, 6) is 0.0846. The first kappa shape index (κ1) is 14.0. The predicted molar refractivity (Wildman–Crippen MR) is 69.0 cm³/mol. The van der Waals surface area contributed by atoms with Crippen LogP contribution in [0.2, 0.25) is 0 Å². The van der Waals surface area contributed by atoms with Gasteiger partial charge in [0.1, 0.15) is 0 Å². The Labute approximate surface area is 103 Å². The van der Waals surface area contributed by atoms with Crippen molar-refractivity contribution in [2.45, 2.75) is 27.2 Å². The fraction of sp³-hybridized carbons (Fsp3) is 0.571. The number of ether oxygens (including phenoxy) is 1. The maximum Gasteiger partial charge on any atom is 0.168 e. The fourth-order valence-corrected chi connectivity index (χ4v) is 1.89. The summed E-state index contributed by atoms with van der Waals surface area (Å²) in [4.78, 5) is 0. The average Bonchev–Trinajstić information content (AvgIpc) is 2.29. The van der Waals surface area contributed by atoms with Crippen LogP contribution in [0.15, 0.2) is 18.2 Å². The molecule has 0 radical (unpaired) electrons. The van der Waals surface area contributed by atoms with Crippen molar-refractivity contribution in [3.05, 3.63) is 29.6 Å². The maximum atomic E-state index is 14.0. The van der Waals surface area contributed by atoms with Gasteiger partial charge in [-0.3, -0.25) is 0 Å². The molecule has 0 aliphatic heterocycles. The minimum Gasteiger partial charge on any atom is -0.494 e. The molecule has 96 valence electrons. The zero-order valence-electron chi connectivity index (χ0n) is 11.1. The highest BCUT2D eigenvalue weighted by molar-refractivity contribution is 5.31. The Balaban J connectivity index is 2.80. The molecule has 1 aromatic carbocycles. The first-order valence-electron chi connectivity index (χ1n) is 6.02. The lowest BCUT2D eigenvalue weighted by atomic mass is 9.85. The lowest BCUT2D eigenvalue weighted by Crippen LogP contribution is -2.31. The van der Waals surface area contributed by atoms with Crippen molar-refractivity contribution in [3.8, 4) is 5.75 Å². The van der Waals surface area contributed by atoms with E-state index in [9.17, 15) is 4.39 Å². The van der Waals surface area contributed by atoms with Gasteiger partial charge in [0.05, 0.1) is 7.11 Å². The van der Waals surface area contributed by atoms with Gasteiger partial charge in [0.15, 0.2) is 11.6 Å². The van der Waals surface area contributed by atoms with Crippen molar-refractivity contribution in [1.29, 1.82) is 0 Å². The Morgan fingerprint density at radius 1 is 1.35 bits per heavy atom. The van der Waals surface area contributed by atoms with Gasteiger partial charge in [-0.1, -0.05) is 32.9 Å². The predicted octanol–water partition coefficient (Wildman–Crippen LogP) is 3.01. The fourth-order valence-electron chi connectivity index (χ4n) is 1.89. The highest BCUT2D eigenvalue weighted by Gasteiger charge is 2.20. The highest BCUT2D eigenvalue weighted by Crippen LogP contribution is 2.27. The van der Waals surface area contributed by atoms with Crippen molar-refractivity contribution < 1.29 is 9.13 Å². The first-order valence-corrected chi connectivity index (χ1v) is 6.02. The molecule has 0 amide bonds. The normalized spacial score (nSPS) is 11.6. The number of hydrogen-bond acceptors (Lipinski definition) is 2. The molecule has 1 rings (SSSR count). The topological polar surface area (TPSA) is 21.3 Å². The molecule has 0 atom stereocenters. The maximum absolute atomic E-state index is 14.0. The second-order valence-corrected chi connectivity index (χ2v) is 5.05. The van der Waals surface area contributed by atoms with Crippen molar-refractivity contribution in [2.75, 3.05) is 20.2 Å². The lowest BCUT2D eigenvalue weighted by Gasteiger charge is -2.25. The third kappa shape index (κ3) is 4.00. The Morgan fingerprint density at radius 2 is 2.06 bits per heavy atom. The van der Waals surface area contributed by atoms with Gasteiger partial charge in [0.2, 0.25) is 0 Å². The first-order chi connectivity index (χ1) is 8.00. The van der Waals surface area contributed by atoms with E-state index >= 15 is 0 Å². The van der Waals surface area contributed by atoms with Crippen molar-refractivity contribution in [2.24, 2.45) is 5.41 Å². The molecule has 0 heterocycles. The van der Waals surface area contributed by atoms with Crippen LogP contribution in [0.5, 0.6) is 5.75 Å². The average molecular weight is 239 g/mol. The Morgan fingerprint density at radius 3 is 2.65 bits per heavy atom. The zero-order valence-corrected chi connectivity index (χ0v) is 11.1. The quantitative estimate of drug-likeness (QED) is 0.824. The summed E-state index contributed by atoms with van der Waals surface area (Å²) in [6.07, 6.45) is 0.697. The number of halogens is 1. The number of rotatable bonds is 6. The van der Waals surface area contributed by atoms with E-state index in [0.29, 0.717) is 17.7 Å². The lowest BCUT2D eigenvalue weighted by molar-refractivity contribution is 0.331. The van der Waals surface area contributed by atoms with E-state index in [1.807, 2.05) is 12.1 Å². The summed E-state index contributed by atoms with van der Waals surface area (Å²) in [6.45, 7) is 8.15. The molecule has 0 unspecified atom stereocenters. The van der Waals surface area contributed by atoms with E-state index in [4.69, 9.17) is 4.74 Å². The number of methoxy groups -OCH3 is 1. The Hall–Kier alpha value is -1.09. The van der Waals surface area contributed by atoms with Gasteiger partial charge < -0.3 is 10.1 Å². The molecule has 0 aromatic heterocycles. The van der Waals surface area contributed by atoms with E-state index in [2.05, 4.69) is 26.1 Å². The van der Waals surface area contributed by atoms with Crippen LogP contribution in [0.25, 0.3) is 0 Å². The van der Waals surface area contributed by atoms with E-state index in [1.165, 1.54) is 7.11 Å². The smallest absolute Gasteiger partial charge is 0.168 e. The molecule has 1 N–H and O–H groups in total. The van der Waals surface area contributed by atoms with Crippen LogP contribution >= 0.6 is 0 Å². The largest absolute Gasteiger partial charge is 0.494 e. The van der Waals surface area contributed by atoms with E-state index in [1.54, 1.807) is 6.07 Å². The van der Waals surface area contributed by atoms with Crippen molar-refractivity contribution in [3.63, 3.8) is 0 Å². The highest BCUT2D eigenvalue weighted by atomic mass is 19.1. The Kier molecular flexibility index (Phi) is 4.94. The summed E-state index contributed by atoms with van der Waals surface area (Å²) in [7, 11) is 1.49. The molecule has 2 nitrogen and oxygen atoms in total. The van der Waals surface area contributed by atoms with Crippen LogP contribution in [0.4, 0.5) is 4.39 Å². The summed E-state index contributed by atoms with van der Waals surface area (Å²) in [5, 5.41) is 3.30. The van der Waals surface area contributed by atoms with Crippen molar-refractivity contribution >= 4 is 0 Å². The second-order valence-electron chi connectivity index (χ2n) is 5.05. The van der Waals surface area contributed by atoms with Gasteiger partial charge >= 0.3 is 0 Å². The second kappa shape index (κ2) is 6.01. The van der Waals surface area contributed by atoms with Crippen LogP contribution in [-0.2, 0) is 6.42 Å². The molecular weight excluding hydrogens is 217 g/mol. The molecule has 17 heavy (non-hydrogen) atoms. The van der Waals surface area contributed by atoms with Crippen molar-refractivity contribution in [1.82, 2.24) is 5.32 Å². The number of nitrogens with one attached hydrogen (secondary N) is 1. The van der Waals surface area contributed by atoms with Crippen LogP contribution in [0.3, 0.4) is 0 Å². The minimum atomic E-state index is -0.237. The SMILES string of the molecule is CCNCC(C)(C)Cc1cccc(OC)c1F. The van der Waals surface area contributed by atoms with Gasteiger partial charge in [-0.2, -0.15) is 0 Å². The number of hydrogen-bond donors (Lipinski definition) is 1. The molecule has 0 saturated carbocycles. The molecule has 0 aliphatic rings. The van der Waals surface area contributed by atoms with Gasteiger partial charge in [-0.05, 0) is 30.0 Å². The van der Waals surface area contributed by atoms with E-state index < -0.39 is 0 Å². The van der Waals surface area contributed by atoms with Crippen LogP contribution < -0.4 is 10.1 Å². The minimum absolute atomic E-state index is 0.0310. The van der Waals surface area contributed by atoms with E-state index in [-0.39, 0.29) is 11.2 Å². The van der Waals surface area contributed by atoms with Gasteiger partial charge in [-0.25, -0.2) is 4.39 Å². The Bertz CT molecular complexity index is 363. The summed E-state index contributed by atoms with van der Waals surface area (Å²) < 4.78 is 19.0. The summed E-state index contributed by atoms with van der Waals surface area (Å²) in [6, 6.07) is 5.31. The summed E-state index contributed by atoms with van der Waals surface area (Å²) in [5.41, 5.74) is 0.746. The number of benzene rings is 1. The third-order valence-electron chi connectivity index (χ3n) is 2.79. The monoisotopic (exact) mass is 239 g/mol. The van der Waals surface area contributed by atoms with Crippen LogP contribution in [0.1, 0.15) is 26.3 Å². The van der Waals surface area contributed by atoms with Gasteiger partial charge in [0.25, 0.3) is 0 Å². The van der Waals surface area contributed by atoms with E-state index in [0.717, 1.165) is 13.1 Å². The van der Waals surface area contributed by atoms with Crippen LogP contribution in [-0.4, -0.2) is 20.2 Å². The summed E-state index contributed by atoms with van der Waals surface area (Å²) >= 11 is 0. The van der Waals surface area contributed by atoms with Gasteiger partial charge in [0, 0.05) is 6.54 Å². The molecule has 1 aromatic rings. The molecule has 3 heteroatoms. The molecule has 0 bridgehead atoms. The van der Waals surface area contributed by atoms with Gasteiger partial charge in [-0.15, -0.1) is 0 Å². The molecule has 0 fully saturated rings. The molecular formula is C14H22FNO. The standard InChI is InChI=1S/C14H22FNO/c1-5-16-10-14(2,3)9-11-7-6-8-12(17-4)13(11)15/h6-8,16H,5,9-10H2,1-4H3. The van der Waals surface area contributed by atoms with Crippen LogP contribution in [0, 0.1) is 11.2 Å². The molecule has 0 saturated heterocycles. The molecule has 0 spiro atoms. The molecule has 0 aliphatic carbocycles.